The molecule has 0 spiro atoms. The van der Waals surface area contributed by atoms with E-state index >= 15 is 0 Å². The fraction of sp³-hybridized carbons (Fsp3) is 0.290. The van der Waals surface area contributed by atoms with Gasteiger partial charge >= 0.3 is 12.1 Å². The molecule has 1 aliphatic heterocycles. The van der Waals surface area contributed by atoms with Crippen LogP contribution in [0, 0.1) is 5.41 Å². The van der Waals surface area contributed by atoms with Gasteiger partial charge in [0.1, 0.15) is 17.9 Å². The molecule has 2 aromatic carbocycles. The Morgan fingerprint density at radius 2 is 1.74 bits per heavy atom. The zero-order chi connectivity index (χ0) is 31.5. The molecular weight excluding hydrogens is 563 g/mol. The minimum Gasteiger partial charge on any atom is -0.456 e. The zero-order valence-corrected chi connectivity index (χ0v) is 24.2. The number of alkyl halides is 3. The smallest absolute Gasteiger partial charge is 0.456 e. The lowest BCUT2D eigenvalue weighted by Gasteiger charge is -2.22. The van der Waals surface area contributed by atoms with E-state index in [2.05, 4.69) is 10.2 Å². The van der Waals surface area contributed by atoms with E-state index in [1.807, 2.05) is 32.0 Å². The van der Waals surface area contributed by atoms with Crippen LogP contribution in [0.15, 0.2) is 65.1 Å². The monoisotopic (exact) mass is 596 g/mol. The predicted molar refractivity (Wildman–Crippen MR) is 159 cm³/mol. The van der Waals surface area contributed by atoms with Crippen molar-refractivity contribution in [3.05, 3.63) is 71.6 Å². The third-order valence-corrected chi connectivity index (χ3v) is 7.13. The molecular formula is C31H33F3N5O4+. The zero-order valence-electron chi connectivity index (χ0n) is 24.2. The predicted octanol–water partition coefficient (Wildman–Crippen LogP) is 4.92. The van der Waals surface area contributed by atoms with Crippen molar-refractivity contribution in [1.82, 2.24) is 9.89 Å². The summed E-state index contributed by atoms with van der Waals surface area (Å²) in [6.45, 7) is 8.93. The van der Waals surface area contributed by atoms with Crippen molar-refractivity contribution >= 4 is 34.5 Å². The Balaban J connectivity index is 2.03. The van der Waals surface area contributed by atoms with Crippen molar-refractivity contribution in [2.24, 2.45) is 5.73 Å². The van der Waals surface area contributed by atoms with Crippen LogP contribution in [0.25, 0.3) is 33.4 Å². The highest BCUT2D eigenvalue weighted by Gasteiger charge is 2.43. The third-order valence-electron chi connectivity index (χ3n) is 7.13. The van der Waals surface area contributed by atoms with Gasteiger partial charge in [0.25, 0.3) is 12.1 Å². The second-order valence-corrected chi connectivity index (χ2v) is 9.71. The number of benzene rings is 3. The van der Waals surface area contributed by atoms with Crippen LogP contribution in [0.1, 0.15) is 38.1 Å². The molecule has 0 aromatic heterocycles. The molecule has 1 unspecified atom stereocenters. The molecule has 1 aliphatic carbocycles. The van der Waals surface area contributed by atoms with Gasteiger partial charge in [0, 0.05) is 59.9 Å². The fourth-order valence-electron chi connectivity index (χ4n) is 5.15. The highest BCUT2D eigenvalue weighted by molar-refractivity contribution is 6.12. The van der Waals surface area contributed by atoms with Gasteiger partial charge in [-0.1, -0.05) is 18.2 Å². The molecule has 43 heavy (non-hydrogen) atoms. The van der Waals surface area contributed by atoms with Gasteiger partial charge in [0.15, 0.2) is 5.96 Å². The van der Waals surface area contributed by atoms with Crippen molar-refractivity contribution in [3.63, 3.8) is 0 Å². The molecule has 1 heterocycles. The lowest BCUT2D eigenvalue weighted by atomic mass is 9.90. The molecule has 0 bridgehead atoms. The number of nitrogens with one attached hydrogen (secondary N) is 2. The maximum absolute atomic E-state index is 13.1. The molecule has 2 aromatic rings. The Kier molecular flexibility index (Phi) is 9.07. The Hall–Kier alpha value is -4.87. The first kappa shape index (κ1) is 31.1. The Morgan fingerprint density at radius 1 is 1.05 bits per heavy atom. The van der Waals surface area contributed by atoms with Crippen molar-refractivity contribution < 1.29 is 31.9 Å². The number of guanidine groups is 1. The van der Waals surface area contributed by atoms with Gasteiger partial charge in [0.2, 0.25) is 5.36 Å². The molecule has 4 rings (SSSR count). The second kappa shape index (κ2) is 12.6. The number of ether oxygens (including phenoxy) is 1. The number of carbonyl (C=O) groups excluding carboxylic acids is 2. The molecule has 0 saturated carbocycles. The molecule has 226 valence electrons. The van der Waals surface area contributed by atoms with Crippen LogP contribution in [-0.2, 0) is 9.53 Å². The number of fused-ring (bicyclic) bond motifs is 2. The largest absolute Gasteiger partial charge is 0.491 e. The van der Waals surface area contributed by atoms with Gasteiger partial charge in [-0.3, -0.25) is 15.5 Å². The number of amides is 1. The van der Waals surface area contributed by atoms with E-state index in [0.717, 1.165) is 24.2 Å². The molecule has 1 amide bonds. The molecule has 0 saturated heterocycles. The van der Waals surface area contributed by atoms with Crippen LogP contribution in [0.2, 0.25) is 0 Å². The molecule has 9 nitrogen and oxygen atoms in total. The number of halogens is 3. The number of rotatable bonds is 8. The van der Waals surface area contributed by atoms with Gasteiger partial charge in [-0.15, -0.1) is 0 Å². The number of hydrogen-bond donors (Lipinski definition) is 3. The average molecular weight is 597 g/mol. The van der Waals surface area contributed by atoms with E-state index in [9.17, 15) is 22.8 Å². The molecule has 4 N–H and O–H groups in total. The minimum absolute atomic E-state index is 0.235. The van der Waals surface area contributed by atoms with Crippen LogP contribution in [0.3, 0.4) is 0 Å². The van der Waals surface area contributed by atoms with Gasteiger partial charge in [-0.2, -0.15) is 17.7 Å². The van der Waals surface area contributed by atoms with Crippen molar-refractivity contribution in [1.29, 1.82) is 5.41 Å². The van der Waals surface area contributed by atoms with Gasteiger partial charge in [-0.05, 0) is 50.6 Å². The molecule has 0 radical (unpaired) electrons. The number of hydrogen-bond acceptors (Lipinski definition) is 6. The summed E-state index contributed by atoms with van der Waals surface area (Å²) in [5.41, 5.74) is 9.05. The normalized spacial score (nSPS) is 13.0. The molecule has 2 aliphatic rings. The summed E-state index contributed by atoms with van der Waals surface area (Å²) >= 11 is 0. The average Bonchev–Trinajstić information content (AvgIpc) is 2.96. The van der Waals surface area contributed by atoms with Crippen molar-refractivity contribution in [2.75, 3.05) is 24.5 Å². The Bertz CT molecular complexity index is 1730. The fourth-order valence-corrected chi connectivity index (χ4v) is 5.15. The first-order valence-electron chi connectivity index (χ1n) is 13.8. The second-order valence-electron chi connectivity index (χ2n) is 9.71. The first-order chi connectivity index (χ1) is 20.4. The van der Waals surface area contributed by atoms with E-state index < -0.39 is 30.2 Å². The van der Waals surface area contributed by atoms with Crippen molar-refractivity contribution in [3.8, 4) is 22.5 Å². The SMILES string of the molecule is CCN(CC)c1ccc2c(-c3ccccc3C(=O)NC(=N)N)c3ccc(=[N+](CC)C(C)OC(=O)C(F)(F)F)cc-3oc2c1. The highest BCUT2D eigenvalue weighted by Crippen LogP contribution is 2.42. The van der Waals surface area contributed by atoms with E-state index in [0.29, 0.717) is 33.4 Å². The van der Waals surface area contributed by atoms with Crippen LogP contribution in [0.5, 0.6) is 0 Å². The van der Waals surface area contributed by atoms with E-state index in [-0.39, 0.29) is 12.1 Å². The first-order valence-corrected chi connectivity index (χ1v) is 13.8. The highest BCUT2D eigenvalue weighted by atomic mass is 19.4. The van der Waals surface area contributed by atoms with E-state index in [1.165, 1.54) is 11.5 Å². The summed E-state index contributed by atoms with van der Waals surface area (Å²) in [7, 11) is 0. The van der Waals surface area contributed by atoms with Crippen LogP contribution >= 0.6 is 0 Å². The lowest BCUT2D eigenvalue weighted by molar-refractivity contribution is -0.206. The van der Waals surface area contributed by atoms with Crippen molar-refractivity contribution in [2.45, 2.75) is 40.1 Å². The van der Waals surface area contributed by atoms with Gasteiger partial charge in [0.05, 0.1) is 6.07 Å². The summed E-state index contributed by atoms with van der Waals surface area (Å²) in [6, 6.07) is 17.8. The summed E-state index contributed by atoms with van der Waals surface area (Å²) in [6.07, 6.45) is -6.34. The standard InChI is InChI=1S/C31H32F3N5O4/c1-5-38(6-2)19-12-14-23-25(16-19)43-26-17-20(39(7-3)18(4)42-29(41)31(32,33)34)13-15-24(26)27(23)21-10-8-9-11-22(21)28(40)37-30(35)36/h8-18H,5-7H2,1-4H3,(H3-,35,36,37,40)/p+1. The molecule has 0 fully saturated rings. The van der Waals surface area contributed by atoms with E-state index in [1.54, 1.807) is 49.4 Å². The lowest BCUT2D eigenvalue weighted by Crippen LogP contribution is -2.42. The van der Waals surface area contributed by atoms with E-state index in [4.69, 9.17) is 20.3 Å². The summed E-state index contributed by atoms with van der Waals surface area (Å²) in [4.78, 5) is 26.7. The quantitative estimate of drug-likeness (QED) is 0.0663. The number of esters is 1. The van der Waals surface area contributed by atoms with Crippen LogP contribution in [0.4, 0.5) is 18.9 Å². The maximum Gasteiger partial charge on any atom is 0.491 e. The van der Waals surface area contributed by atoms with Crippen LogP contribution < -0.4 is 25.9 Å². The Morgan fingerprint density at radius 3 is 2.37 bits per heavy atom. The number of nitrogens with zero attached hydrogens (tertiary/aromatic N) is 2. The Labute approximate surface area is 246 Å². The number of carbonyl (C=O) groups is 2. The third kappa shape index (κ3) is 6.47. The molecule has 1 atom stereocenters. The summed E-state index contributed by atoms with van der Waals surface area (Å²) < 4.78 is 51.3. The topological polar surface area (TPSA) is 125 Å². The number of anilines is 1. The number of nitrogens with two attached hydrogens (primary N) is 1. The molecule has 12 heteroatoms. The van der Waals surface area contributed by atoms with Gasteiger partial charge < -0.3 is 19.8 Å². The summed E-state index contributed by atoms with van der Waals surface area (Å²) in [5, 5.41) is 11.1. The maximum atomic E-state index is 13.1. The minimum atomic E-state index is -5.12. The van der Waals surface area contributed by atoms with Gasteiger partial charge in [-0.25, -0.2) is 4.79 Å². The van der Waals surface area contributed by atoms with Crippen LogP contribution in [-0.4, -0.2) is 49.9 Å². The summed E-state index contributed by atoms with van der Waals surface area (Å²) in [5.74, 6) is -2.93.